The Balaban J connectivity index is 1.000. The number of furan rings is 1. The van der Waals surface area contributed by atoms with Crippen LogP contribution in [0.4, 0.5) is 0 Å². The summed E-state index contributed by atoms with van der Waals surface area (Å²) in [6.07, 6.45) is 1.76. The standard InChI is InChI=1S/C54H33N5O/c1-2-12-38-33-39(26-23-34(38)11-1)35-21-24-37(25-22-35)52-56-53(58-54(57-52)51-50-45-17-7-10-20-48(45)60-49(50)31-32-55-51)44-16-4-3-13-41(44)36-27-29-40(30-28-36)59-46-18-8-5-14-42(46)43-15-6-9-19-47(43)59/h1-33H. The van der Waals surface area contributed by atoms with E-state index in [1.54, 1.807) is 6.20 Å². The monoisotopic (exact) mass is 767 g/mol. The summed E-state index contributed by atoms with van der Waals surface area (Å²) >= 11 is 0. The minimum Gasteiger partial charge on any atom is -0.456 e. The normalized spacial score (nSPS) is 11.7. The van der Waals surface area contributed by atoms with E-state index in [2.05, 4.69) is 168 Å². The van der Waals surface area contributed by atoms with Gasteiger partial charge in [0.2, 0.25) is 0 Å². The maximum absolute atomic E-state index is 6.27. The second kappa shape index (κ2) is 13.7. The molecule has 280 valence electrons. The summed E-state index contributed by atoms with van der Waals surface area (Å²) in [5, 5.41) is 6.73. The molecule has 0 saturated heterocycles. The lowest BCUT2D eigenvalue weighted by molar-refractivity contribution is 0.668. The van der Waals surface area contributed by atoms with Crippen LogP contribution in [0.15, 0.2) is 205 Å². The van der Waals surface area contributed by atoms with E-state index < -0.39 is 0 Å². The van der Waals surface area contributed by atoms with E-state index in [1.165, 1.54) is 32.6 Å². The predicted molar refractivity (Wildman–Crippen MR) is 244 cm³/mol. The Bertz CT molecular complexity index is 3550. The number of hydrogen-bond donors (Lipinski definition) is 0. The number of fused-ring (bicyclic) bond motifs is 7. The molecule has 0 aliphatic rings. The van der Waals surface area contributed by atoms with Crippen molar-refractivity contribution >= 4 is 54.5 Å². The predicted octanol–water partition coefficient (Wildman–Crippen LogP) is 13.8. The van der Waals surface area contributed by atoms with Crippen LogP contribution in [0.2, 0.25) is 0 Å². The minimum atomic E-state index is 0.474. The van der Waals surface area contributed by atoms with Crippen molar-refractivity contribution in [2.24, 2.45) is 0 Å². The highest BCUT2D eigenvalue weighted by atomic mass is 16.3. The molecule has 0 fully saturated rings. The number of benzene rings is 8. The van der Waals surface area contributed by atoms with Crippen molar-refractivity contribution in [2.45, 2.75) is 0 Å². The van der Waals surface area contributed by atoms with E-state index in [-0.39, 0.29) is 0 Å². The van der Waals surface area contributed by atoms with Gasteiger partial charge in [-0.1, -0.05) is 152 Å². The molecule has 0 atom stereocenters. The Labute approximate surface area is 344 Å². The zero-order valence-electron chi connectivity index (χ0n) is 32.2. The first kappa shape index (κ1) is 33.9. The van der Waals surface area contributed by atoms with E-state index in [0.29, 0.717) is 23.2 Å². The van der Waals surface area contributed by atoms with E-state index in [0.717, 1.165) is 61.0 Å². The molecule has 0 unspecified atom stereocenters. The fourth-order valence-corrected chi connectivity index (χ4v) is 8.67. The molecule has 60 heavy (non-hydrogen) atoms. The van der Waals surface area contributed by atoms with Crippen LogP contribution in [0.1, 0.15) is 0 Å². The smallest absolute Gasteiger partial charge is 0.183 e. The van der Waals surface area contributed by atoms with E-state index in [9.17, 15) is 0 Å². The van der Waals surface area contributed by atoms with Gasteiger partial charge in [0.25, 0.3) is 0 Å². The van der Waals surface area contributed by atoms with Crippen LogP contribution < -0.4 is 0 Å². The first-order chi connectivity index (χ1) is 29.7. The highest BCUT2D eigenvalue weighted by Gasteiger charge is 2.21. The van der Waals surface area contributed by atoms with Crippen molar-refractivity contribution < 1.29 is 4.42 Å². The SMILES string of the molecule is c1ccc(-c2nc(-c3ccc(-c4ccc5ccccc5c4)cc3)nc(-c3nccc4oc5ccccc5c34)n2)c(-c2ccc(-n3c4ccccc4c4ccccc43)cc2)c1. The molecule has 4 heterocycles. The van der Waals surface area contributed by atoms with Crippen LogP contribution >= 0.6 is 0 Å². The average Bonchev–Trinajstić information content (AvgIpc) is 3.88. The lowest BCUT2D eigenvalue weighted by atomic mass is 9.98. The van der Waals surface area contributed by atoms with Crippen LogP contribution in [-0.4, -0.2) is 24.5 Å². The Hall–Kier alpha value is -8.22. The summed E-state index contributed by atoms with van der Waals surface area (Å²) < 4.78 is 8.61. The van der Waals surface area contributed by atoms with Crippen LogP contribution in [0.3, 0.4) is 0 Å². The zero-order valence-corrected chi connectivity index (χ0v) is 32.2. The third-order valence-electron chi connectivity index (χ3n) is 11.5. The van der Waals surface area contributed by atoms with Gasteiger partial charge in [-0.2, -0.15) is 0 Å². The lowest BCUT2D eigenvalue weighted by Crippen LogP contribution is -2.02. The van der Waals surface area contributed by atoms with Gasteiger partial charge < -0.3 is 8.98 Å². The van der Waals surface area contributed by atoms with Crippen molar-refractivity contribution in [2.75, 3.05) is 0 Å². The zero-order chi connectivity index (χ0) is 39.6. The van der Waals surface area contributed by atoms with Crippen LogP contribution in [-0.2, 0) is 0 Å². The number of para-hydroxylation sites is 3. The fraction of sp³-hybridized carbons (Fsp3) is 0. The second-order valence-corrected chi connectivity index (χ2v) is 15.0. The number of pyridine rings is 1. The van der Waals surface area contributed by atoms with Gasteiger partial charge in [-0.05, 0) is 75.5 Å². The first-order valence-corrected chi connectivity index (χ1v) is 20.0. The van der Waals surface area contributed by atoms with Crippen molar-refractivity contribution in [3.8, 4) is 62.2 Å². The van der Waals surface area contributed by atoms with Crippen molar-refractivity contribution in [1.29, 1.82) is 0 Å². The molecule has 0 saturated carbocycles. The molecule has 0 N–H and O–H groups in total. The van der Waals surface area contributed by atoms with Gasteiger partial charge in [-0.3, -0.25) is 4.98 Å². The second-order valence-electron chi connectivity index (χ2n) is 15.0. The molecule has 0 radical (unpaired) electrons. The molecular weight excluding hydrogens is 735 g/mol. The summed E-state index contributed by atoms with van der Waals surface area (Å²) in [6.45, 7) is 0. The molecule has 6 nitrogen and oxygen atoms in total. The van der Waals surface area contributed by atoms with Crippen LogP contribution in [0.5, 0.6) is 0 Å². The Kier molecular flexibility index (Phi) is 7.74. The molecule has 0 spiro atoms. The Morgan fingerprint density at radius 1 is 0.383 bits per heavy atom. The fourth-order valence-electron chi connectivity index (χ4n) is 8.67. The van der Waals surface area contributed by atoms with Gasteiger partial charge in [0.15, 0.2) is 17.5 Å². The molecule has 0 bridgehead atoms. The van der Waals surface area contributed by atoms with Crippen molar-refractivity contribution in [3.63, 3.8) is 0 Å². The van der Waals surface area contributed by atoms with Crippen molar-refractivity contribution in [1.82, 2.24) is 24.5 Å². The van der Waals surface area contributed by atoms with E-state index in [4.69, 9.17) is 24.4 Å². The van der Waals surface area contributed by atoms with Gasteiger partial charge in [0, 0.05) is 39.2 Å². The summed E-state index contributed by atoms with van der Waals surface area (Å²) in [5.74, 6) is 1.59. The highest BCUT2D eigenvalue weighted by molar-refractivity contribution is 6.11. The van der Waals surface area contributed by atoms with E-state index >= 15 is 0 Å². The van der Waals surface area contributed by atoms with Gasteiger partial charge in [0.1, 0.15) is 16.9 Å². The maximum atomic E-state index is 6.27. The van der Waals surface area contributed by atoms with Gasteiger partial charge in [0.05, 0.1) is 16.4 Å². The molecule has 12 rings (SSSR count). The first-order valence-electron chi connectivity index (χ1n) is 20.0. The van der Waals surface area contributed by atoms with Crippen LogP contribution in [0, 0.1) is 0 Å². The molecule has 0 aliphatic heterocycles. The summed E-state index contributed by atoms with van der Waals surface area (Å²) in [6, 6.07) is 67.6. The third kappa shape index (κ3) is 5.57. The number of aromatic nitrogens is 5. The molecular formula is C54H33N5O. The number of rotatable bonds is 6. The molecule has 6 heteroatoms. The topological polar surface area (TPSA) is 69.6 Å². The van der Waals surface area contributed by atoms with Crippen LogP contribution in [0.25, 0.3) is 117 Å². The molecule has 8 aromatic carbocycles. The summed E-state index contributed by atoms with van der Waals surface area (Å²) in [4.78, 5) is 20.5. The molecule has 4 aromatic heterocycles. The van der Waals surface area contributed by atoms with Gasteiger partial charge in [-0.15, -0.1) is 0 Å². The lowest BCUT2D eigenvalue weighted by Gasteiger charge is -2.13. The minimum absolute atomic E-state index is 0.474. The number of hydrogen-bond acceptors (Lipinski definition) is 5. The largest absolute Gasteiger partial charge is 0.456 e. The van der Waals surface area contributed by atoms with Crippen molar-refractivity contribution in [3.05, 3.63) is 200 Å². The average molecular weight is 768 g/mol. The molecule has 0 amide bonds. The Morgan fingerprint density at radius 2 is 0.967 bits per heavy atom. The highest BCUT2D eigenvalue weighted by Crippen LogP contribution is 2.38. The van der Waals surface area contributed by atoms with Gasteiger partial charge >= 0.3 is 0 Å². The maximum Gasteiger partial charge on any atom is 0.183 e. The quantitative estimate of drug-likeness (QED) is 0.168. The number of nitrogens with zero attached hydrogens (tertiary/aromatic N) is 5. The molecule has 0 aliphatic carbocycles. The Morgan fingerprint density at radius 3 is 1.75 bits per heavy atom. The van der Waals surface area contributed by atoms with E-state index in [1.807, 2.05) is 30.3 Å². The summed E-state index contributed by atoms with van der Waals surface area (Å²) in [5.41, 5.74) is 11.7. The third-order valence-corrected chi connectivity index (χ3v) is 11.5. The van der Waals surface area contributed by atoms with Gasteiger partial charge in [-0.25, -0.2) is 15.0 Å². The summed E-state index contributed by atoms with van der Waals surface area (Å²) in [7, 11) is 0. The molecule has 12 aromatic rings.